The molecule has 1 amide bonds. The molecule has 1 aliphatic heterocycles. The summed E-state index contributed by atoms with van der Waals surface area (Å²) < 4.78 is 24.3. The molecule has 1 unspecified atom stereocenters. The van der Waals surface area contributed by atoms with Crippen LogP contribution >= 0.6 is 0 Å². The molecule has 0 radical (unpaired) electrons. The van der Waals surface area contributed by atoms with Crippen molar-refractivity contribution in [3.63, 3.8) is 0 Å². The van der Waals surface area contributed by atoms with Gasteiger partial charge in [0.15, 0.2) is 10.6 Å². The number of nitrogens with one attached hydrogen (secondary N) is 1. The monoisotopic (exact) mass is 637 g/mol. The zero-order valence-corrected chi connectivity index (χ0v) is 27.6. The van der Waals surface area contributed by atoms with E-state index in [0.717, 1.165) is 78.4 Å². The molecule has 1 aliphatic rings. The Kier molecular flexibility index (Phi) is 12.3. The predicted molar refractivity (Wildman–Crippen MR) is 188 cm³/mol. The number of carbonyl (C=O) groups is 1. The molecular weight excluding hydrogens is 595 g/mol. The number of nitrogens with zero attached hydrogens (tertiary/aromatic N) is 2. The lowest BCUT2D eigenvalue weighted by Crippen LogP contribution is -2.26. The van der Waals surface area contributed by atoms with Gasteiger partial charge in [-0.2, -0.15) is 0 Å². The maximum absolute atomic E-state index is 13.5. The maximum atomic E-state index is 13.5. The van der Waals surface area contributed by atoms with Crippen molar-refractivity contribution < 1.29 is 18.8 Å². The van der Waals surface area contributed by atoms with E-state index in [9.17, 15) is 9.35 Å². The van der Waals surface area contributed by atoms with Gasteiger partial charge in [-0.1, -0.05) is 44.5 Å². The number of hydrogen-bond donors (Lipinski definition) is 1. The molecule has 1 N–H and O–H groups in total. The Balaban J connectivity index is 1.27. The van der Waals surface area contributed by atoms with E-state index in [4.69, 9.17) is 9.47 Å². The zero-order chi connectivity index (χ0) is 32.1. The van der Waals surface area contributed by atoms with E-state index < -0.39 is 11.2 Å². The number of anilines is 2. The third-order valence-electron chi connectivity index (χ3n) is 7.84. The van der Waals surface area contributed by atoms with E-state index >= 15 is 0 Å². The van der Waals surface area contributed by atoms with Gasteiger partial charge in [0.05, 0.1) is 12.3 Å². The van der Waals surface area contributed by atoms with E-state index in [-0.39, 0.29) is 5.91 Å². The van der Waals surface area contributed by atoms with Crippen molar-refractivity contribution in [2.75, 3.05) is 43.1 Å². The molecular formula is C38H43N3O4S. The van der Waals surface area contributed by atoms with Crippen LogP contribution < -0.4 is 15.0 Å². The Morgan fingerprint density at radius 3 is 2.48 bits per heavy atom. The first-order valence-electron chi connectivity index (χ1n) is 16.1. The number of pyridine rings is 1. The highest BCUT2D eigenvalue weighted by molar-refractivity contribution is 7.90. The molecule has 240 valence electrons. The standard InChI is InChI=1S/C38H43N3O4S/c1-3-5-23-44-24-25-45-35-14-9-29(10-15-35)30-11-18-37-32(26-30)27-31(19-22-41(37)21-4-2)38(42)40-33-12-16-36(17-13-33)46(43)28-34-8-6-7-20-39-34/h6-18,20,26-27H,3-5,19,21-25,28H2,1-2H3,(H,40,42). The molecule has 8 heteroatoms. The number of rotatable bonds is 15. The van der Waals surface area contributed by atoms with Gasteiger partial charge in [0.2, 0.25) is 0 Å². The largest absolute Gasteiger partial charge is 0.611 e. The molecule has 0 saturated carbocycles. The van der Waals surface area contributed by atoms with Gasteiger partial charge in [0.25, 0.3) is 5.91 Å². The SMILES string of the molecule is CCCCOCCOc1ccc(-c2ccc3c(c2)C=C(C(=O)Nc2ccc([S+]([O-])Cc4ccccn4)cc2)CCN3CCC)cc1. The Morgan fingerprint density at radius 2 is 1.74 bits per heavy atom. The summed E-state index contributed by atoms with van der Waals surface area (Å²) in [4.78, 5) is 20.8. The highest BCUT2D eigenvalue weighted by Crippen LogP contribution is 2.33. The number of unbranched alkanes of at least 4 members (excludes halogenated alkanes) is 1. The fourth-order valence-electron chi connectivity index (χ4n) is 5.37. The molecule has 0 spiro atoms. The summed E-state index contributed by atoms with van der Waals surface area (Å²) in [7, 11) is 0. The number of hydrogen-bond acceptors (Lipinski definition) is 6. The molecule has 0 fully saturated rings. The van der Waals surface area contributed by atoms with Gasteiger partial charge in [-0.05, 0) is 114 Å². The molecule has 1 aromatic heterocycles. The normalized spacial score (nSPS) is 13.4. The summed E-state index contributed by atoms with van der Waals surface area (Å²) >= 11 is -1.22. The summed E-state index contributed by atoms with van der Waals surface area (Å²) in [6.07, 6.45) is 7.57. The minimum Gasteiger partial charge on any atom is -0.611 e. The minimum atomic E-state index is -1.22. The van der Waals surface area contributed by atoms with Crippen LogP contribution in [-0.4, -0.2) is 48.4 Å². The summed E-state index contributed by atoms with van der Waals surface area (Å²) in [6, 6.07) is 27.4. The van der Waals surface area contributed by atoms with Crippen molar-refractivity contribution >= 4 is 34.5 Å². The van der Waals surface area contributed by atoms with E-state index in [0.29, 0.717) is 36.0 Å². The van der Waals surface area contributed by atoms with E-state index in [2.05, 4.69) is 59.4 Å². The average molecular weight is 638 g/mol. The molecule has 0 aliphatic carbocycles. The summed E-state index contributed by atoms with van der Waals surface area (Å²) in [6.45, 7) is 7.89. The maximum Gasteiger partial charge on any atom is 0.251 e. The van der Waals surface area contributed by atoms with Crippen LogP contribution in [0.4, 0.5) is 11.4 Å². The third kappa shape index (κ3) is 9.22. The van der Waals surface area contributed by atoms with Crippen molar-refractivity contribution in [1.82, 2.24) is 4.98 Å². The predicted octanol–water partition coefficient (Wildman–Crippen LogP) is 7.89. The van der Waals surface area contributed by atoms with Crippen LogP contribution in [0.15, 0.2) is 102 Å². The van der Waals surface area contributed by atoms with Gasteiger partial charge < -0.3 is 24.2 Å². The van der Waals surface area contributed by atoms with Gasteiger partial charge >= 0.3 is 0 Å². The number of benzene rings is 3. The van der Waals surface area contributed by atoms with Crippen LogP contribution in [-0.2, 0) is 26.5 Å². The van der Waals surface area contributed by atoms with Crippen molar-refractivity contribution in [3.05, 3.63) is 108 Å². The summed E-state index contributed by atoms with van der Waals surface area (Å²) in [5, 5.41) is 3.06. The van der Waals surface area contributed by atoms with Crippen LogP contribution in [0.3, 0.4) is 0 Å². The summed E-state index contributed by atoms with van der Waals surface area (Å²) in [5.41, 5.74) is 6.50. The molecule has 4 aromatic rings. The van der Waals surface area contributed by atoms with E-state index in [1.807, 2.05) is 48.5 Å². The fraction of sp³-hybridized carbons (Fsp3) is 0.316. The lowest BCUT2D eigenvalue weighted by atomic mass is 10.00. The first-order valence-corrected chi connectivity index (χ1v) is 17.5. The van der Waals surface area contributed by atoms with Crippen molar-refractivity contribution in [1.29, 1.82) is 0 Å². The van der Waals surface area contributed by atoms with Crippen LogP contribution in [0.2, 0.25) is 0 Å². The second kappa shape index (κ2) is 17.0. The molecule has 3 aromatic carbocycles. The second-order valence-electron chi connectivity index (χ2n) is 11.3. The Labute approximate surface area is 275 Å². The fourth-order valence-corrected chi connectivity index (χ4v) is 6.41. The smallest absolute Gasteiger partial charge is 0.251 e. The van der Waals surface area contributed by atoms with Crippen LogP contribution in [0.25, 0.3) is 17.2 Å². The Hall–Kier alpha value is -4.11. The first-order chi connectivity index (χ1) is 22.5. The number of amides is 1. The second-order valence-corrected chi connectivity index (χ2v) is 12.8. The molecule has 1 atom stereocenters. The summed E-state index contributed by atoms with van der Waals surface area (Å²) in [5.74, 6) is 1.04. The molecule has 46 heavy (non-hydrogen) atoms. The average Bonchev–Trinajstić information content (AvgIpc) is 3.27. The van der Waals surface area contributed by atoms with Crippen LogP contribution in [0.1, 0.15) is 50.8 Å². The Bertz CT molecular complexity index is 1580. The van der Waals surface area contributed by atoms with Crippen molar-refractivity contribution in [2.24, 2.45) is 0 Å². The van der Waals surface area contributed by atoms with Gasteiger partial charge in [-0.3, -0.25) is 9.78 Å². The molecule has 0 bridgehead atoms. The van der Waals surface area contributed by atoms with Crippen molar-refractivity contribution in [3.8, 4) is 16.9 Å². The topological polar surface area (TPSA) is 86.8 Å². The first kappa shape index (κ1) is 33.3. The number of aromatic nitrogens is 1. The van der Waals surface area contributed by atoms with Crippen LogP contribution in [0.5, 0.6) is 5.75 Å². The molecule has 2 heterocycles. The number of ether oxygens (including phenoxy) is 2. The highest BCUT2D eigenvalue weighted by Gasteiger charge is 2.20. The molecule has 0 saturated heterocycles. The zero-order valence-electron chi connectivity index (χ0n) is 26.7. The minimum absolute atomic E-state index is 0.128. The van der Waals surface area contributed by atoms with Gasteiger partial charge in [0, 0.05) is 42.8 Å². The van der Waals surface area contributed by atoms with Gasteiger partial charge in [-0.25, -0.2) is 0 Å². The van der Waals surface area contributed by atoms with E-state index in [1.165, 1.54) is 0 Å². The van der Waals surface area contributed by atoms with Gasteiger partial charge in [0.1, 0.15) is 12.4 Å². The molecule has 7 nitrogen and oxygen atoms in total. The lowest BCUT2D eigenvalue weighted by Gasteiger charge is -2.25. The Morgan fingerprint density at radius 1 is 0.935 bits per heavy atom. The van der Waals surface area contributed by atoms with Gasteiger partial charge in [-0.15, -0.1) is 0 Å². The van der Waals surface area contributed by atoms with E-state index in [1.54, 1.807) is 18.3 Å². The lowest BCUT2D eigenvalue weighted by molar-refractivity contribution is -0.112. The third-order valence-corrected chi connectivity index (χ3v) is 9.20. The molecule has 5 rings (SSSR count). The van der Waals surface area contributed by atoms with Crippen molar-refractivity contribution in [2.45, 2.75) is 50.2 Å². The van der Waals surface area contributed by atoms with Crippen LogP contribution in [0, 0.1) is 0 Å². The highest BCUT2D eigenvalue weighted by atomic mass is 32.2. The number of carbonyl (C=O) groups excluding carboxylic acids is 1. The quantitative estimate of drug-likeness (QED) is 0.105. The number of fused-ring (bicyclic) bond motifs is 1.